The topological polar surface area (TPSA) is 90.4 Å². The average molecular weight is 305 g/mol. The standard InChI is InChI=1S/C13H24N4O2.ClH/c1-17(2,7-6-16-10-18)9-11-4-5-13(15,19-3)12(14)8-11;/h4-5,8,10,12H,6-7,9,14-15H2,1-3H3;1H. The third-order valence-corrected chi connectivity index (χ3v) is 3.38. The van der Waals surface area contributed by atoms with Gasteiger partial charge in [-0.25, -0.2) is 0 Å². The zero-order valence-corrected chi connectivity index (χ0v) is 13.1. The molecule has 0 aromatic carbocycles. The molecule has 0 fully saturated rings. The number of nitrogens with zero attached hydrogens (tertiary/aromatic N) is 1. The van der Waals surface area contributed by atoms with Crippen LogP contribution in [0.25, 0.3) is 0 Å². The van der Waals surface area contributed by atoms with Gasteiger partial charge < -0.3 is 32.7 Å². The molecule has 0 aromatic heterocycles. The Morgan fingerprint density at radius 3 is 2.70 bits per heavy atom. The van der Waals surface area contributed by atoms with E-state index in [1.54, 1.807) is 13.2 Å². The highest BCUT2D eigenvalue weighted by Crippen LogP contribution is 2.20. The molecular formula is C13H25ClN4O2. The number of methoxy groups -OCH3 is 1. The summed E-state index contributed by atoms with van der Waals surface area (Å²) < 4.78 is 5.97. The van der Waals surface area contributed by atoms with Gasteiger partial charge in [-0.3, -0.25) is 10.5 Å². The highest BCUT2D eigenvalue weighted by molar-refractivity contribution is 5.45. The van der Waals surface area contributed by atoms with E-state index in [2.05, 4.69) is 19.4 Å². The van der Waals surface area contributed by atoms with E-state index in [4.69, 9.17) is 16.2 Å². The fraction of sp³-hybridized carbons (Fsp3) is 0.615. The Morgan fingerprint density at radius 1 is 1.55 bits per heavy atom. The van der Waals surface area contributed by atoms with E-state index >= 15 is 0 Å². The molecule has 5 N–H and O–H groups in total. The summed E-state index contributed by atoms with van der Waals surface area (Å²) in [7, 11) is 5.76. The SMILES string of the molecule is COC1(N)C=CC(C[N+](C)(C)CCNC=O)=CC1N.[Cl-]. The van der Waals surface area contributed by atoms with Crippen LogP contribution in [-0.4, -0.2) is 63.5 Å². The number of amides is 1. The van der Waals surface area contributed by atoms with Crippen LogP contribution in [0.2, 0.25) is 0 Å². The number of halogens is 1. The molecule has 0 bridgehead atoms. The van der Waals surface area contributed by atoms with Gasteiger partial charge in [0.15, 0.2) is 5.72 Å². The van der Waals surface area contributed by atoms with Crippen LogP contribution < -0.4 is 29.2 Å². The lowest BCUT2D eigenvalue weighted by molar-refractivity contribution is -0.884. The van der Waals surface area contributed by atoms with E-state index in [9.17, 15) is 4.79 Å². The minimum atomic E-state index is -0.917. The molecule has 0 aromatic rings. The van der Waals surface area contributed by atoms with E-state index in [1.165, 1.54) is 0 Å². The highest BCUT2D eigenvalue weighted by atomic mass is 35.5. The second-order valence-corrected chi connectivity index (χ2v) is 5.55. The van der Waals surface area contributed by atoms with Crippen LogP contribution in [0.4, 0.5) is 0 Å². The van der Waals surface area contributed by atoms with E-state index < -0.39 is 5.72 Å². The molecule has 0 spiro atoms. The van der Waals surface area contributed by atoms with Crippen molar-refractivity contribution >= 4 is 6.41 Å². The van der Waals surface area contributed by atoms with Crippen molar-refractivity contribution in [3.63, 3.8) is 0 Å². The van der Waals surface area contributed by atoms with Gasteiger partial charge in [0.1, 0.15) is 6.54 Å². The second-order valence-electron chi connectivity index (χ2n) is 5.55. The lowest BCUT2D eigenvalue weighted by Crippen LogP contribution is -3.00. The third kappa shape index (κ3) is 5.22. The molecule has 0 aliphatic heterocycles. The van der Waals surface area contributed by atoms with E-state index in [1.807, 2.05) is 12.2 Å². The van der Waals surface area contributed by atoms with Crippen molar-refractivity contribution in [2.45, 2.75) is 11.8 Å². The van der Waals surface area contributed by atoms with Crippen molar-refractivity contribution in [1.82, 2.24) is 5.32 Å². The van der Waals surface area contributed by atoms with Gasteiger partial charge in [-0.2, -0.15) is 0 Å². The number of carbonyl (C=O) groups excluding carboxylic acids is 1. The Morgan fingerprint density at radius 2 is 2.20 bits per heavy atom. The van der Waals surface area contributed by atoms with Crippen molar-refractivity contribution in [1.29, 1.82) is 0 Å². The fourth-order valence-electron chi connectivity index (χ4n) is 2.07. The number of likely N-dealkylation sites (N-methyl/N-ethyl adjacent to an activating group) is 1. The Balaban J connectivity index is 0.00000361. The van der Waals surface area contributed by atoms with Crippen LogP contribution >= 0.6 is 0 Å². The van der Waals surface area contributed by atoms with Crippen LogP contribution in [0.5, 0.6) is 0 Å². The number of nitrogens with one attached hydrogen (secondary N) is 1. The number of rotatable bonds is 7. The lowest BCUT2D eigenvalue weighted by Gasteiger charge is -2.35. The first-order valence-corrected chi connectivity index (χ1v) is 6.31. The molecule has 6 nitrogen and oxygen atoms in total. The normalized spacial score (nSPS) is 25.6. The molecule has 0 heterocycles. The van der Waals surface area contributed by atoms with Crippen molar-refractivity contribution in [2.24, 2.45) is 11.5 Å². The predicted octanol–water partition coefficient (Wildman–Crippen LogP) is -4.06. The summed E-state index contributed by atoms with van der Waals surface area (Å²) in [5.41, 5.74) is 12.2. The molecule has 20 heavy (non-hydrogen) atoms. The van der Waals surface area contributed by atoms with Gasteiger partial charge in [-0.15, -0.1) is 0 Å². The number of nitrogens with two attached hydrogens (primary N) is 2. The summed E-state index contributed by atoms with van der Waals surface area (Å²) in [5, 5.41) is 2.67. The lowest BCUT2D eigenvalue weighted by atomic mass is 9.95. The Labute approximate surface area is 126 Å². The van der Waals surface area contributed by atoms with Crippen LogP contribution in [-0.2, 0) is 9.53 Å². The third-order valence-electron chi connectivity index (χ3n) is 3.38. The quantitative estimate of drug-likeness (QED) is 0.193. The molecule has 0 saturated heterocycles. The minimum absolute atomic E-state index is 0. The second kappa shape index (κ2) is 7.75. The van der Waals surface area contributed by atoms with Crippen molar-refractivity contribution in [3.8, 4) is 0 Å². The van der Waals surface area contributed by atoms with Crippen molar-refractivity contribution in [2.75, 3.05) is 40.8 Å². The Kier molecular flexibility index (Phi) is 7.40. The van der Waals surface area contributed by atoms with Gasteiger partial charge in [0.2, 0.25) is 6.41 Å². The van der Waals surface area contributed by atoms with Crippen LogP contribution in [0, 0.1) is 0 Å². The molecule has 1 aliphatic rings. The number of hydrogen-bond donors (Lipinski definition) is 3. The van der Waals surface area contributed by atoms with Gasteiger partial charge >= 0.3 is 0 Å². The number of hydrogen-bond acceptors (Lipinski definition) is 4. The Bertz CT molecular complexity index is 385. The summed E-state index contributed by atoms with van der Waals surface area (Å²) in [6.45, 7) is 2.32. The maximum absolute atomic E-state index is 10.2. The summed E-state index contributed by atoms with van der Waals surface area (Å²) in [6, 6.07) is -0.356. The van der Waals surface area contributed by atoms with Crippen LogP contribution in [0.1, 0.15) is 0 Å². The first kappa shape index (κ1) is 19.1. The van der Waals surface area contributed by atoms with E-state index in [-0.39, 0.29) is 18.4 Å². The molecule has 1 rings (SSSR count). The maximum atomic E-state index is 10.2. The summed E-state index contributed by atoms with van der Waals surface area (Å²) >= 11 is 0. The van der Waals surface area contributed by atoms with Crippen molar-refractivity contribution in [3.05, 3.63) is 23.8 Å². The number of carbonyl (C=O) groups is 1. The molecule has 7 heteroatoms. The Hall–Kier alpha value is -0.920. The maximum Gasteiger partial charge on any atom is 0.207 e. The van der Waals surface area contributed by atoms with E-state index in [0.29, 0.717) is 6.54 Å². The zero-order valence-electron chi connectivity index (χ0n) is 12.3. The fourth-order valence-corrected chi connectivity index (χ4v) is 2.07. The molecule has 116 valence electrons. The largest absolute Gasteiger partial charge is 1.00 e. The molecule has 1 aliphatic carbocycles. The summed E-state index contributed by atoms with van der Waals surface area (Å²) in [4.78, 5) is 10.2. The van der Waals surface area contributed by atoms with E-state index in [0.717, 1.165) is 29.6 Å². The van der Waals surface area contributed by atoms with Crippen LogP contribution in [0.15, 0.2) is 23.8 Å². The van der Waals surface area contributed by atoms with Gasteiger partial charge in [0.05, 0.1) is 33.2 Å². The molecule has 2 unspecified atom stereocenters. The first-order valence-electron chi connectivity index (χ1n) is 6.31. The number of ether oxygens (including phenoxy) is 1. The summed E-state index contributed by atoms with van der Waals surface area (Å²) in [5.74, 6) is 0. The number of quaternary nitrogens is 1. The summed E-state index contributed by atoms with van der Waals surface area (Å²) in [6.07, 6.45) is 6.42. The molecule has 1 amide bonds. The van der Waals surface area contributed by atoms with Crippen LogP contribution in [0.3, 0.4) is 0 Å². The van der Waals surface area contributed by atoms with Gasteiger partial charge in [-0.05, 0) is 6.08 Å². The molecule has 2 atom stereocenters. The highest BCUT2D eigenvalue weighted by Gasteiger charge is 2.32. The molecule has 0 radical (unpaired) electrons. The minimum Gasteiger partial charge on any atom is -1.00 e. The predicted molar refractivity (Wildman–Crippen MR) is 75.0 cm³/mol. The first-order chi connectivity index (χ1) is 8.83. The molecular weight excluding hydrogens is 280 g/mol. The van der Waals surface area contributed by atoms with Gasteiger partial charge in [-0.1, -0.05) is 12.2 Å². The van der Waals surface area contributed by atoms with Gasteiger partial charge in [0, 0.05) is 12.7 Å². The van der Waals surface area contributed by atoms with Crippen molar-refractivity contribution < 1.29 is 26.4 Å². The van der Waals surface area contributed by atoms with Gasteiger partial charge in [0.25, 0.3) is 0 Å². The average Bonchev–Trinajstić information content (AvgIpc) is 2.34. The smallest absolute Gasteiger partial charge is 0.207 e. The molecule has 0 saturated carbocycles. The zero-order chi connectivity index (χ0) is 14.5. The monoisotopic (exact) mass is 304 g/mol.